The van der Waals surface area contributed by atoms with E-state index in [0.717, 1.165) is 0 Å². The maximum absolute atomic E-state index is 11.3. The molecule has 1 aliphatic rings. The first-order valence-electron chi connectivity index (χ1n) is 3.63. The number of Topliss-reactive ketones (excluding diaryl/α,β-unsaturated/α-hetero) is 1. The van der Waals surface area contributed by atoms with Gasteiger partial charge in [0.2, 0.25) is 5.78 Å². The van der Waals surface area contributed by atoms with Crippen LogP contribution in [0.4, 0.5) is 0 Å². The Bertz CT molecular complexity index is 357. The normalized spacial score (nSPS) is 15.3. The molecular weight excluding hydrogens is 154 g/mol. The highest BCUT2D eigenvalue weighted by Crippen LogP contribution is 2.22. The molecule has 0 amide bonds. The Hall–Kier alpha value is -1.64. The third kappa shape index (κ3) is 0.906. The Morgan fingerprint density at radius 2 is 2.08 bits per heavy atom. The van der Waals surface area contributed by atoms with Gasteiger partial charge in [-0.15, -0.1) is 0 Å². The lowest BCUT2D eigenvalue weighted by Crippen LogP contribution is -2.26. The fourth-order valence-electron chi connectivity index (χ4n) is 1.16. The molecule has 0 spiro atoms. The fraction of sp³-hybridized carbons (Fsp3) is 0.111. The highest BCUT2D eigenvalue weighted by atomic mass is 16.5. The van der Waals surface area contributed by atoms with Crippen molar-refractivity contribution in [2.45, 2.75) is 0 Å². The van der Waals surface area contributed by atoms with Gasteiger partial charge in [0.1, 0.15) is 18.1 Å². The number of ether oxygens (including phenoxy) is 1. The van der Waals surface area contributed by atoms with Crippen LogP contribution in [0.1, 0.15) is 10.4 Å². The van der Waals surface area contributed by atoms with E-state index < -0.39 is 0 Å². The molecule has 2 rings (SSSR count). The molecule has 60 valence electrons. The van der Waals surface area contributed by atoms with E-state index in [-0.39, 0.29) is 18.1 Å². The number of carbonyl (C=O) groups is 1. The van der Waals surface area contributed by atoms with Crippen LogP contribution in [0.2, 0.25) is 0 Å². The van der Waals surface area contributed by atoms with E-state index in [9.17, 15) is 4.79 Å². The van der Waals surface area contributed by atoms with Crippen LogP contribution in [0, 0.1) is 5.41 Å². The Morgan fingerprint density at radius 1 is 1.33 bits per heavy atom. The van der Waals surface area contributed by atoms with E-state index in [1.807, 2.05) is 0 Å². The molecule has 0 unspecified atom stereocenters. The van der Waals surface area contributed by atoms with Crippen LogP contribution in [0.15, 0.2) is 24.3 Å². The molecule has 3 nitrogen and oxygen atoms in total. The standard InChI is InChI=1S/C9H7NO2/c10-7-5-12-8-4-2-1-3-6(8)9(7)11/h1-4,10H,5H2. The van der Waals surface area contributed by atoms with Crippen molar-refractivity contribution in [3.05, 3.63) is 29.8 Å². The van der Waals surface area contributed by atoms with E-state index in [4.69, 9.17) is 10.1 Å². The molecule has 1 aliphatic heterocycles. The topological polar surface area (TPSA) is 50.1 Å². The lowest BCUT2D eigenvalue weighted by molar-refractivity contribution is 0.104. The number of hydrogen-bond donors (Lipinski definition) is 1. The first kappa shape index (κ1) is 7.03. The van der Waals surface area contributed by atoms with Gasteiger partial charge >= 0.3 is 0 Å². The van der Waals surface area contributed by atoms with Crippen molar-refractivity contribution in [1.82, 2.24) is 0 Å². The quantitative estimate of drug-likeness (QED) is 0.623. The highest BCUT2D eigenvalue weighted by Gasteiger charge is 2.22. The SMILES string of the molecule is N=C1COc2ccccc2C1=O. The van der Waals surface area contributed by atoms with Crippen LogP contribution in [0.25, 0.3) is 0 Å². The van der Waals surface area contributed by atoms with Crippen molar-refractivity contribution in [2.24, 2.45) is 0 Å². The van der Waals surface area contributed by atoms with E-state index in [0.29, 0.717) is 11.3 Å². The average Bonchev–Trinajstić information content (AvgIpc) is 2.12. The summed E-state index contributed by atoms with van der Waals surface area (Å²) in [5.74, 6) is 0.357. The van der Waals surface area contributed by atoms with E-state index >= 15 is 0 Å². The molecule has 3 heteroatoms. The molecule has 0 saturated carbocycles. The first-order valence-corrected chi connectivity index (χ1v) is 3.63. The number of nitrogens with one attached hydrogen (secondary N) is 1. The van der Waals surface area contributed by atoms with Gasteiger partial charge in [-0.1, -0.05) is 12.1 Å². The molecule has 0 aromatic heterocycles. The van der Waals surface area contributed by atoms with Gasteiger partial charge in [-0.05, 0) is 12.1 Å². The summed E-state index contributed by atoms with van der Waals surface area (Å²) in [7, 11) is 0. The number of ketones is 1. The van der Waals surface area contributed by atoms with Crippen LogP contribution in [-0.2, 0) is 0 Å². The Labute approximate surface area is 69.5 Å². The number of para-hydroxylation sites is 1. The molecular formula is C9H7NO2. The highest BCUT2D eigenvalue weighted by molar-refractivity contribution is 6.46. The van der Waals surface area contributed by atoms with Crippen LogP contribution in [-0.4, -0.2) is 18.1 Å². The van der Waals surface area contributed by atoms with Gasteiger partial charge < -0.3 is 4.74 Å². The molecule has 1 aromatic carbocycles. The summed E-state index contributed by atoms with van der Waals surface area (Å²) in [6.45, 7) is 0.0931. The van der Waals surface area contributed by atoms with Gasteiger partial charge in [0, 0.05) is 0 Å². The van der Waals surface area contributed by atoms with Gasteiger partial charge in [0.25, 0.3) is 0 Å². The monoisotopic (exact) mass is 161 g/mol. The minimum Gasteiger partial charge on any atom is -0.486 e. The van der Waals surface area contributed by atoms with E-state index in [1.165, 1.54) is 0 Å². The zero-order valence-electron chi connectivity index (χ0n) is 6.33. The lowest BCUT2D eigenvalue weighted by Gasteiger charge is -2.15. The van der Waals surface area contributed by atoms with Gasteiger partial charge in [-0.2, -0.15) is 0 Å². The predicted octanol–water partition coefficient (Wildman–Crippen LogP) is 1.28. The number of hydrogen-bond acceptors (Lipinski definition) is 3. The lowest BCUT2D eigenvalue weighted by atomic mass is 10.0. The summed E-state index contributed by atoms with van der Waals surface area (Å²) < 4.78 is 5.16. The van der Waals surface area contributed by atoms with Crippen molar-refractivity contribution in [1.29, 1.82) is 5.41 Å². The zero-order chi connectivity index (χ0) is 8.55. The molecule has 0 aliphatic carbocycles. The van der Waals surface area contributed by atoms with Gasteiger partial charge in [-0.25, -0.2) is 0 Å². The smallest absolute Gasteiger partial charge is 0.213 e. The number of carbonyl (C=O) groups excluding carboxylic acids is 1. The summed E-state index contributed by atoms with van der Waals surface area (Å²) in [6, 6.07) is 6.98. The van der Waals surface area contributed by atoms with Crippen LogP contribution < -0.4 is 4.74 Å². The number of fused-ring (bicyclic) bond motifs is 1. The minimum absolute atomic E-state index is 0.0219. The molecule has 0 radical (unpaired) electrons. The minimum atomic E-state index is -0.225. The van der Waals surface area contributed by atoms with Crippen molar-refractivity contribution in [3.63, 3.8) is 0 Å². The molecule has 1 heterocycles. The average molecular weight is 161 g/mol. The summed E-state index contributed by atoms with van der Waals surface area (Å²) >= 11 is 0. The molecule has 0 fully saturated rings. The predicted molar refractivity (Wildman–Crippen MR) is 44.0 cm³/mol. The maximum atomic E-state index is 11.3. The molecule has 0 saturated heterocycles. The van der Waals surface area contributed by atoms with Crippen LogP contribution >= 0.6 is 0 Å². The number of benzene rings is 1. The first-order chi connectivity index (χ1) is 5.79. The molecule has 12 heavy (non-hydrogen) atoms. The van der Waals surface area contributed by atoms with Gasteiger partial charge in [-0.3, -0.25) is 10.2 Å². The third-order valence-electron chi connectivity index (χ3n) is 1.78. The van der Waals surface area contributed by atoms with E-state index in [1.54, 1.807) is 24.3 Å². The summed E-state index contributed by atoms with van der Waals surface area (Å²) in [4.78, 5) is 11.3. The fourth-order valence-corrected chi connectivity index (χ4v) is 1.16. The third-order valence-corrected chi connectivity index (χ3v) is 1.78. The molecule has 1 aromatic rings. The Kier molecular flexibility index (Phi) is 1.43. The Balaban J connectivity index is 2.56. The Morgan fingerprint density at radius 3 is 2.92 bits per heavy atom. The number of rotatable bonds is 0. The van der Waals surface area contributed by atoms with Crippen molar-refractivity contribution in [3.8, 4) is 5.75 Å². The second kappa shape index (κ2) is 2.44. The van der Waals surface area contributed by atoms with E-state index in [2.05, 4.69) is 0 Å². The molecule has 0 atom stereocenters. The van der Waals surface area contributed by atoms with Crippen LogP contribution in [0.5, 0.6) is 5.75 Å². The second-order valence-electron chi connectivity index (χ2n) is 2.59. The second-order valence-corrected chi connectivity index (χ2v) is 2.59. The molecule has 0 bridgehead atoms. The maximum Gasteiger partial charge on any atom is 0.213 e. The van der Waals surface area contributed by atoms with Crippen LogP contribution in [0.3, 0.4) is 0 Å². The summed E-state index contributed by atoms with van der Waals surface area (Å²) in [6.07, 6.45) is 0. The van der Waals surface area contributed by atoms with Gasteiger partial charge in [0.15, 0.2) is 0 Å². The van der Waals surface area contributed by atoms with Crippen molar-refractivity contribution < 1.29 is 9.53 Å². The zero-order valence-corrected chi connectivity index (χ0v) is 6.33. The molecule has 1 N–H and O–H groups in total. The summed E-state index contributed by atoms with van der Waals surface area (Å²) in [5, 5.41) is 7.25. The summed E-state index contributed by atoms with van der Waals surface area (Å²) in [5.41, 5.74) is 0.516. The van der Waals surface area contributed by atoms with Crippen molar-refractivity contribution >= 4 is 11.5 Å². The largest absolute Gasteiger partial charge is 0.486 e. The van der Waals surface area contributed by atoms with Crippen molar-refractivity contribution in [2.75, 3.05) is 6.61 Å². The van der Waals surface area contributed by atoms with Gasteiger partial charge in [0.05, 0.1) is 5.56 Å².